The second-order valence-electron chi connectivity index (χ2n) is 5.09. The molecule has 0 bridgehead atoms. The van der Waals surface area contributed by atoms with Gasteiger partial charge in [0.15, 0.2) is 0 Å². The number of amides is 2. The molecule has 6 nitrogen and oxygen atoms in total. The first-order valence-corrected chi connectivity index (χ1v) is 7.11. The molecule has 1 saturated carbocycles. The summed E-state index contributed by atoms with van der Waals surface area (Å²) in [6.07, 6.45) is 0.790. The highest BCUT2D eigenvalue weighted by molar-refractivity contribution is 5.74. The fraction of sp³-hybridized carbons (Fsp3) is 0.846. The van der Waals surface area contributed by atoms with Crippen LogP contribution in [0.1, 0.15) is 25.7 Å². The van der Waals surface area contributed by atoms with Crippen LogP contribution < -0.4 is 10.6 Å². The molecular formula is C13H22F2N2O4. The predicted octanol–water partition coefficient (Wildman–Crippen LogP) is 1.46. The molecule has 0 heterocycles. The Hall–Kier alpha value is -1.44. The number of hydrogen-bond acceptors (Lipinski definition) is 3. The van der Waals surface area contributed by atoms with E-state index in [0.717, 1.165) is 19.3 Å². The molecule has 2 atom stereocenters. The summed E-state index contributed by atoms with van der Waals surface area (Å²) < 4.78 is 28.2. The van der Waals surface area contributed by atoms with E-state index in [4.69, 9.17) is 5.11 Å². The molecule has 1 aliphatic rings. The number of alkyl halides is 2. The molecule has 21 heavy (non-hydrogen) atoms. The summed E-state index contributed by atoms with van der Waals surface area (Å²) in [6.45, 7) is -0.198. The smallest absolute Gasteiger partial charge is 0.314 e. The maximum absolute atomic E-state index is 11.8. The quantitative estimate of drug-likeness (QED) is 0.592. The largest absolute Gasteiger partial charge is 0.481 e. The van der Waals surface area contributed by atoms with Crippen LogP contribution in [0.5, 0.6) is 0 Å². The van der Waals surface area contributed by atoms with Gasteiger partial charge in [-0.3, -0.25) is 4.79 Å². The number of rotatable bonds is 8. The van der Waals surface area contributed by atoms with Crippen molar-refractivity contribution in [3.05, 3.63) is 0 Å². The number of carboxylic acids is 1. The Bertz CT molecular complexity index is 342. The van der Waals surface area contributed by atoms with E-state index in [0.29, 0.717) is 13.0 Å². The van der Waals surface area contributed by atoms with E-state index in [9.17, 15) is 18.4 Å². The lowest BCUT2D eigenvalue weighted by atomic mass is 9.79. The van der Waals surface area contributed by atoms with Crippen molar-refractivity contribution in [1.29, 1.82) is 0 Å². The van der Waals surface area contributed by atoms with E-state index in [2.05, 4.69) is 15.4 Å². The van der Waals surface area contributed by atoms with E-state index >= 15 is 0 Å². The van der Waals surface area contributed by atoms with Crippen molar-refractivity contribution in [2.24, 2.45) is 11.8 Å². The van der Waals surface area contributed by atoms with Gasteiger partial charge in [0.2, 0.25) is 0 Å². The van der Waals surface area contributed by atoms with Crippen LogP contribution >= 0.6 is 0 Å². The van der Waals surface area contributed by atoms with Crippen LogP contribution in [0.2, 0.25) is 0 Å². The van der Waals surface area contributed by atoms with Gasteiger partial charge in [0.25, 0.3) is 6.43 Å². The monoisotopic (exact) mass is 308 g/mol. The number of nitrogens with one attached hydrogen (secondary N) is 2. The highest BCUT2D eigenvalue weighted by atomic mass is 19.3. The second kappa shape index (κ2) is 9.49. The SMILES string of the molecule is O=C(NCCOCC(F)F)NCC1CCCCC1C(=O)O. The van der Waals surface area contributed by atoms with Gasteiger partial charge in [-0.2, -0.15) is 0 Å². The highest BCUT2D eigenvalue weighted by Gasteiger charge is 2.30. The molecule has 2 amide bonds. The summed E-state index contributed by atoms with van der Waals surface area (Å²) in [5.74, 6) is -1.28. The molecule has 0 radical (unpaired) electrons. The molecule has 0 saturated heterocycles. The lowest BCUT2D eigenvalue weighted by Crippen LogP contribution is -2.42. The van der Waals surface area contributed by atoms with Crippen LogP contribution in [0.3, 0.4) is 0 Å². The summed E-state index contributed by atoms with van der Waals surface area (Å²) in [5.41, 5.74) is 0. The third kappa shape index (κ3) is 7.22. The van der Waals surface area contributed by atoms with E-state index in [1.165, 1.54) is 0 Å². The Kier molecular flexibility index (Phi) is 7.96. The Morgan fingerprint density at radius 1 is 1.24 bits per heavy atom. The molecular weight excluding hydrogens is 286 g/mol. The molecule has 0 aromatic carbocycles. The van der Waals surface area contributed by atoms with Gasteiger partial charge < -0.3 is 20.5 Å². The molecule has 1 rings (SSSR count). The van der Waals surface area contributed by atoms with Crippen LogP contribution in [0.4, 0.5) is 13.6 Å². The van der Waals surface area contributed by atoms with Gasteiger partial charge in [0, 0.05) is 13.1 Å². The number of urea groups is 1. The minimum atomic E-state index is -2.52. The zero-order valence-corrected chi connectivity index (χ0v) is 11.8. The lowest BCUT2D eigenvalue weighted by Gasteiger charge is -2.28. The van der Waals surface area contributed by atoms with Crippen molar-refractivity contribution in [2.75, 3.05) is 26.3 Å². The zero-order chi connectivity index (χ0) is 15.7. The molecule has 1 fully saturated rings. The van der Waals surface area contributed by atoms with Gasteiger partial charge in [-0.1, -0.05) is 12.8 Å². The summed E-state index contributed by atoms with van der Waals surface area (Å²) >= 11 is 0. The molecule has 122 valence electrons. The van der Waals surface area contributed by atoms with Gasteiger partial charge in [-0.05, 0) is 18.8 Å². The normalized spacial score (nSPS) is 22.0. The minimum Gasteiger partial charge on any atom is -0.481 e. The summed E-state index contributed by atoms with van der Waals surface area (Å²) in [7, 11) is 0. The predicted molar refractivity (Wildman–Crippen MR) is 71.3 cm³/mol. The minimum absolute atomic E-state index is 0.0128. The van der Waals surface area contributed by atoms with E-state index in [1.54, 1.807) is 0 Å². The molecule has 2 unspecified atom stereocenters. The van der Waals surface area contributed by atoms with Crippen LogP contribution in [0, 0.1) is 11.8 Å². The van der Waals surface area contributed by atoms with E-state index in [-0.39, 0.29) is 19.1 Å². The first kappa shape index (κ1) is 17.6. The number of halogens is 2. The van der Waals surface area contributed by atoms with Crippen molar-refractivity contribution in [2.45, 2.75) is 32.1 Å². The van der Waals surface area contributed by atoms with Crippen molar-refractivity contribution in [3.63, 3.8) is 0 Å². The first-order valence-electron chi connectivity index (χ1n) is 7.11. The summed E-state index contributed by atoms with van der Waals surface area (Å²) in [4.78, 5) is 22.6. The van der Waals surface area contributed by atoms with Gasteiger partial charge >= 0.3 is 12.0 Å². The van der Waals surface area contributed by atoms with Crippen LogP contribution in [-0.4, -0.2) is 49.8 Å². The zero-order valence-electron chi connectivity index (χ0n) is 11.8. The highest BCUT2D eigenvalue weighted by Crippen LogP contribution is 2.29. The molecule has 0 aliphatic heterocycles. The Morgan fingerprint density at radius 2 is 1.95 bits per heavy atom. The number of carbonyl (C=O) groups is 2. The van der Waals surface area contributed by atoms with Gasteiger partial charge in [-0.25, -0.2) is 13.6 Å². The number of carboxylic acid groups (broad SMARTS) is 1. The van der Waals surface area contributed by atoms with Gasteiger partial charge in [0.1, 0.15) is 6.61 Å². The van der Waals surface area contributed by atoms with Crippen molar-refractivity contribution in [3.8, 4) is 0 Å². The van der Waals surface area contributed by atoms with Crippen molar-refractivity contribution < 1.29 is 28.2 Å². The maximum atomic E-state index is 11.8. The van der Waals surface area contributed by atoms with Crippen LogP contribution in [-0.2, 0) is 9.53 Å². The van der Waals surface area contributed by atoms with E-state index in [1.807, 2.05) is 0 Å². The maximum Gasteiger partial charge on any atom is 0.314 e. The third-order valence-corrected chi connectivity index (χ3v) is 3.53. The lowest BCUT2D eigenvalue weighted by molar-refractivity contribution is -0.144. The molecule has 3 N–H and O–H groups in total. The van der Waals surface area contributed by atoms with Crippen molar-refractivity contribution in [1.82, 2.24) is 10.6 Å². The van der Waals surface area contributed by atoms with Crippen molar-refractivity contribution >= 4 is 12.0 Å². The summed E-state index contributed by atoms with van der Waals surface area (Å²) in [5, 5.41) is 14.2. The number of carbonyl (C=O) groups excluding carboxylic acids is 1. The molecule has 8 heteroatoms. The fourth-order valence-electron chi connectivity index (χ4n) is 2.47. The average molecular weight is 308 g/mol. The standard InChI is InChI=1S/C13H22F2N2O4/c14-11(15)8-21-6-5-16-13(20)17-7-9-3-1-2-4-10(9)12(18)19/h9-11H,1-8H2,(H,18,19)(H2,16,17,20). The Labute approximate surface area is 122 Å². The topological polar surface area (TPSA) is 87.7 Å². The molecule has 1 aliphatic carbocycles. The van der Waals surface area contributed by atoms with Crippen LogP contribution in [0.25, 0.3) is 0 Å². The molecule has 0 aromatic heterocycles. The van der Waals surface area contributed by atoms with Gasteiger partial charge in [-0.15, -0.1) is 0 Å². The van der Waals surface area contributed by atoms with E-state index < -0.39 is 31.0 Å². The first-order chi connectivity index (χ1) is 10.0. The number of aliphatic carboxylic acids is 1. The second-order valence-corrected chi connectivity index (χ2v) is 5.09. The Morgan fingerprint density at radius 3 is 2.62 bits per heavy atom. The Balaban J connectivity index is 2.15. The van der Waals surface area contributed by atoms with Crippen LogP contribution in [0.15, 0.2) is 0 Å². The summed E-state index contributed by atoms with van der Waals surface area (Å²) in [6, 6.07) is -0.439. The number of hydrogen-bond donors (Lipinski definition) is 3. The molecule has 0 aromatic rings. The fourth-order valence-corrected chi connectivity index (χ4v) is 2.47. The molecule has 0 spiro atoms. The van der Waals surface area contributed by atoms with Gasteiger partial charge in [0.05, 0.1) is 12.5 Å². The number of ether oxygens (including phenoxy) is 1. The average Bonchev–Trinajstić information content (AvgIpc) is 2.44. The third-order valence-electron chi connectivity index (χ3n) is 3.53.